The third-order valence-corrected chi connectivity index (χ3v) is 11.8. The standard InChI is InChI=1S/C57H83N3O6/c1-36(2)48-22-16-45(17-23-48)28-42(13)31-58-52(39(7)8)55(61)64-34-51(66-57(63)54(41(11)12)60-33-44(15)30-47-20-26-50(27-21-47)38(5)6)35-65-56(62)53(40(9)10)59-32-43(14)29-46-18-24-49(25-19-46)37(3)4/h16-27,31-33,36-44,51-54H,28-30,34-35H2,1-15H3. The lowest BCUT2D eigenvalue weighted by Crippen LogP contribution is -2.39. The molecule has 0 heterocycles. The molecule has 0 saturated heterocycles. The van der Waals surface area contributed by atoms with Gasteiger partial charge in [0.05, 0.1) is 0 Å². The lowest BCUT2D eigenvalue weighted by Gasteiger charge is -2.24. The maximum Gasteiger partial charge on any atom is 0.331 e. The molecule has 0 saturated carbocycles. The van der Waals surface area contributed by atoms with Crippen LogP contribution in [0.4, 0.5) is 0 Å². The van der Waals surface area contributed by atoms with Crippen molar-refractivity contribution in [3.8, 4) is 0 Å². The molecule has 3 aromatic carbocycles. The molecule has 362 valence electrons. The highest BCUT2D eigenvalue weighted by molar-refractivity contribution is 5.81. The zero-order valence-corrected chi connectivity index (χ0v) is 43.0. The first-order valence-corrected chi connectivity index (χ1v) is 24.5. The molecule has 0 amide bonds. The maximum atomic E-state index is 13.9. The largest absolute Gasteiger partial charge is 0.460 e. The van der Waals surface area contributed by atoms with Crippen LogP contribution in [-0.2, 0) is 47.9 Å². The molecular weight excluding hydrogens is 823 g/mol. The summed E-state index contributed by atoms with van der Waals surface area (Å²) in [6, 6.07) is 23.5. The minimum atomic E-state index is -1.09. The predicted molar refractivity (Wildman–Crippen MR) is 273 cm³/mol. The van der Waals surface area contributed by atoms with Gasteiger partial charge in [-0.2, -0.15) is 0 Å². The summed E-state index contributed by atoms with van der Waals surface area (Å²) in [5.74, 6) is -0.605. The Kier molecular flexibility index (Phi) is 23.2. The minimum absolute atomic E-state index is 0.0602. The highest BCUT2D eigenvalue weighted by Gasteiger charge is 2.31. The van der Waals surface area contributed by atoms with E-state index in [9.17, 15) is 14.4 Å². The highest BCUT2D eigenvalue weighted by atomic mass is 16.6. The van der Waals surface area contributed by atoms with E-state index in [0.29, 0.717) is 17.8 Å². The summed E-state index contributed by atoms with van der Waals surface area (Å²) in [4.78, 5) is 55.5. The van der Waals surface area contributed by atoms with Gasteiger partial charge in [-0.05, 0) is 106 Å². The SMILES string of the molecule is CC(C=NC(C(=O)OCC(COC(=O)C(N=CC(C)Cc1ccc(C(C)C)cc1)C(C)C)OC(=O)C(N=CC(C)Cc1ccc(C(C)C)cc1)C(C)C)C(C)C)Cc1ccc(C(C)C)cc1. The quantitative estimate of drug-likeness (QED) is 0.0450. The first kappa shape index (κ1) is 55.4. The fourth-order valence-corrected chi connectivity index (χ4v) is 7.49. The minimum Gasteiger partial charge on any atom is -0.460 e. The van der Waals surface area contributed by atoms with E-state index in [1.54, 1.807) is 0 Å². The van der Waals surface area contributed by atoms with Gasteiger partial charge in [-0.3, -0.25) is 15.0 Å². The van der Waals surface area contributed by atoms with Crippen LogP contribution in [0.5, 0.6) is 0 Å². The first-order chi connectivity index (χ1) is 31.1. The van der Waals surface area contributed by atoms with Gasteiger partial charge in [0.15, 0.2) is 6.10 Å². The van der Waals surface area contributed by atoms with Crippen molar-refractivity contribution in [1.29, 1.82) is 0 Å². The van der Waals surface area contributed by atoms with Crippen molar-refractivity contribution in [2.45, 2.75) is 165 Å². The molecule has 6 unspecified atom stereocenters. The van der Waals surface area contributed by atoms with Crippen LogP contribution in [0.15, 0.2) is 87.8 Å². The smallest absolute Gasteiger partial charge is 0.331 e. The third kappa shape index (κ3) is 19.1. The molecule has 3 rings (SSSR count). The van der Waals surface area contributed by atoms with Crippen molar-refractivity contribution < 1.29 is 28.6 Å². The zero-order chi connectivity index (χ0) is 49.1. The van der Waals surface area contributed by atoms with Gasteiger partial charge in [0.2, 0.25) is 0 Å². The summed E-state index contributed by atoms with van der Waals surface area (Å²) in [6.45, 7) is 30.1. The second-order valence-corrected chi connectivity index (χ2v) is 20.5. The van der Waals surface area contributed by atoms with E-state index in [4.69, 9.17) is 29.2 Å². The van der Waals surface area contributed by atoms with Crippen molar-refractivity contribution in [3.05, 3.63) is 106 Å². The van der Waals surface area contributed by atoms with Crippen LogP contribution >= 0.6 is 0 Å². The number of nitrogens with zero attached hydrogens (tertiary/aromatic N) is 3. The number of rotatable bonds is 26. The molecule has 9 nitrogen and oxygen atoms in total. The predicted octanol–water partition coefficient (Wildman–Crippen LogP) is 12.3. The van der Waals surface area contributed by atoms with Crippen molar-refractivity contribution in [2.24, 2.45) is 50.5 Å². The van der Waals surface area contributed by atoms with E-state index in [-0.39, 0.29) is 48.7 Å². The van der Waals surface area contributed by atoms with Crippen molar-refractivity contribution >= 4 is 36.6 Å². The van der Waals surface area contributed by atoms with E-state index in [2.05, 4.69) is 135 Å². The van der Waals surface area contributed by atoms with Crippen molar-refractivity contribution in [3.63, 3.8) is 0 Å². The number of hydrogen-bond donors (Lipinski definition) is 0. The average Bonchev–Trinajstić information content (AvgIpc) is 3.24. The zero-order valence-electron chi connectivity index (χ0n) is 43.0. The molecule has 0 spiro atoms. The van der Waals surface area contributed by atoms with E-state index in [1.807, 2.05) is 60.2 Å². The molecule has 66 heavy (non-hydrogen) atoms. The van der Waals surface area contributed by atoms with Gasteiger partial charge in [-0.25, -0.2) is 14.4 Å². The second-order valence-electron chi connectivity index (χ2n) is 20.5. The molecule has 3 aromatic rings. The van der Waals surface area contributed by atoms with Crippen LogP contribution in [-0.4, -0.2) is 74.0 Å². The highest BCUT2D eigenvalue weighted by Crippen LogP contribution is 2.21. The number of esters is 3. The van der Waals surface area contributed by atoms with Crippen molar-refractivity contribution in [2.75, 3.05) is 13.2 Å². The van der Waals surface area contributed by atoms with E-state index < -0.39 is 42.1 Å². The Morgan fingerprint density at radius 3 is 0.909 bits per heavy atom. The fourth-order valence-electron chi connectivity index (χ4n) is 7.49. The van der Waals surface area contributed by atoms with Gasteiger partial charge >= 0.3 is 17.9 Å². The van der Waals surface area contributed by atoms with Crippen LogP contribution in [0.2, 0.25) is 0 Å². The molecule has 0 aliphatic carbocycles. The number of benzene rings is 3. The summed E-state index contributed by atoms with van der Waals surface area (Å²) in [5.41, 5.74) is 7.46. The van der Waals surface area contributed by atoms with Crippen LogP contribution in [0.1, 0.15) is 155 Å². The lowest BCUT2D eigenvalue weighted by molar-refractivity contribution is -0.169. The molecule has 6 atom stereocenters. The number of ether oxygens (including phenoxy) is 3. The lowest BCUT2D eigenvalue weighted by atomic mass is 9.97. The molecule has 0 aliphatic heterocycles. The molecule has 0 aliphatic rings. The summed E-state index contributed by atoms with van der Waals surface area (Å²) >= 11 is 0. The maximum absolute atomic E-state index is 13.9. The normalized spacial score (nSPS) is 15.6. The Labute approximate surface area is 398 Å². The van der Waals surface area contributed by atoms with Gasteiger partial charge in [-0.1, -0.05) is 177 Å². The van der Waals surface area contributed by atoms with E-state index in [0.717, 1.165) is 19.3 Å². The number of aliphatic imine (C=N–C) groups is 3. The Morgan fingerprint density at radius 2 is 0.667 bits per heavy atom. The summed E-state index contributed by atoms with van der Waals surface area (Å²) in [5, 5.41) is 0. The second kappa shape index (κ2) is 27.7. The monoisotopic (exact) mass is 906 g/mol. The molecule has 9 heteroatoms. The molecule has 0 radical (unpaired) electrons. The van der Waals surface area contributed by atoms with Crippen molar-refractivity contribution in [1.82, 2.24) is 0 Å². The van der Waals surface area contributed by atoms with Crippen LogP contribution in [0, 0.1) is 35.5 Å². The number of hydrogen-bond acceptors (Lipinski definition) is 9. The molecule has 0 aromatic heterocycles. The molecule has 0 fully saturated rings. The van der Waals surface area contributed by atoms with Crippen LogP contribution in [0.25, 0.3) is 0 Å². The Balaban J connectivity index is 1.77. The summed E-state index contributed by atoms with van der Waals surface area (Å²) in [6.07, 6.45) is 6.70. The Bertz CT molecular complexity index is 1900. The third-order valence-electron chi connectivity index (χ3n) is 11.8. The number of carbonyl (C=O) groups excluding carboxylic acids is 3. The van der Waals surface area contributed by atoms with E-state index >= 15 is 0 Å². The summed E-state index contributed by atoms with van der Waals surface area (Å²) < 4.78 is 17.7. The van der Waals surface area contributed by atoms with Gasteiger partial charge in [0.1, 0.15) is 31.3 Å². The number of carbonyl (C=O) groups is 3. The fraction of sp³-hybridized carbons (Fsp3) is 0.579. The molecular formula is C57H83N3O6. The average molecular weight is 906 g/mol. The Hall–Kier alpha value is -4.92. The first-order valence-electron chi connectivity index (χ1n) is 24.5. The molecule has 0 N–H and O–H groups in total. The van der Waals surface area contributed by atoms with Gasteiger partial charge in [0, 0.05) is 18.6 Å². The topological polar surface area (TPSA) is 116 Å². The van der Waals surface area contributed by atoms with Gasteiger partial charge < -0.3 is 14.2 Å². The van der Waals surface area contributed by atoms with Crippen LogP contribution < -0.4 is 0 Å². The van der Waals surface area contributed by atoms with Gasteiger partial charge in [-0.15, -0.1) is 0 Å². The van der Waals surface area contributed by atoms with Gasteiger partial charge in [0.25, 0.3) is 0 Å². The Morgan fingerprint density at radius 1 is 0.409 bits per heavy atom. The van der Waals surface area contributed by atoms with E-state index in [1.165, 1.54) is 33.4 Å². The summed E-state index contributed by atoms with van der Waals surface area (Å²) in [7, 11) is 0. The molecule has 0 bridgehead atoms. The van der Waals surface area contributed by atoms with Crippen LogP contribution in [0.3, 0.4) is 0 Å².